The molecule has 2 rings (SSSR count). The highest BCUT2D eigenvalue weighted by Gasteiger charge is 2.15. The highest BCUT2D eigenvalue weighted by molar-refractivity contribution is 5.95. The van der Waals surface area contributed by atoms with Gasteiger partial charge in [0.1, 0.15) is 0 Å². The van der Waals surface area contributed by atoms with Crippen LogP contribution < -0.4 is 16.4 Å². The van der Waals surface area contributed by atoms with Crippen LogP contribution in [0.5, 0.6) is 0 Å². The second-order valence-electron chi connectivity index (χ2n) is 4.63. The molecule has 1 atom stereocenters. The topological polar surface area (TPSA) is 84.2 Å². The molecule has 0 radical (unpaired) electrons. The molecule has 0 saturated carbocycles. The SMILES string of the molecule is CC(CC(N)=O)NC(=O)c1ccc2c(c1)CNC2. The zero-order valence-electron chi connectivity index (χ0n) is 10.3. The molecule has 0 saturated heterocycles. The Kier molecular flexibility index (Phi) is 3.62. The van der Waals surface area contributed by atoms with Gasteiger partial charge in [0.2, 0.25) is 5.91 Å². The van der Waals surface area contributed by atoms with Crippen molar-refractivity contribution < 1.29 is 9.59 Å². The lowest BCUT2D eigenvalue weighted by Gasteiger charge is -2.12. The molecule has 0 aliphatic carbocycles. The molecule has 1 aromatic carbocycles. The van der Waals surface area contributed by atoms with Gasteiger partial charge >= 0.3 is 0 Å². The highest BCUT2D eigenvalue weighted by Crippen LogP contribution is 2.17. The van der Waals surface area contributed by atoms with Crippen LogP contribution in [0, 0.1) is 0 Å². The first-order valence-corrected chi connectivity index (χ1v) is 5.98. The fourth-order valence-corrected chi connectivity index (χ4v) is 2.10. The van der Waals surface area contributed by atoms with Crippen molar-refractivity contribution in [3.8, 4) is 0 Å². The zero-order chi connectivity index (χ0) is 13.1. The number of benzene rings is 1. The Hall–Kier alpha value is -1.88. The van der Waals surface area contributed by atoms with Gasteiger partial charge in [-0.05, 0) is 30.2 Å². The summed E-state index contributed by atoms with van der Waals surface area (Å²) in [7, 11) is 0. The molecule has 5 nitrogen and oxygen atoms in total. The van der Waals surface area contributed by atoms with Crippen LogP contribution in [0.25, 0.3) is 0 Å². The quantitative estimate of drug-likeness (QED) is 0.714. The Morgan fingerprint density at radius 1 is 1.39 bits per heavy atom. The smallest absolute Gasteiger partial charge is 0.251 e. The number of nitrogens with one attached hydrogen (secondary N) is 2. The van der Waals surface area contributed by atoms with Crippen molar-refractivity contribution in [2.75, 3.05) is 0 Å². The maximum absolute atomic E-state index is 12.0. The summed E-state index contributed by atoms with van der Waals surface area (Å²) in [5.74, 6) is -0.584. The average Bonchev–Trinajstić information content (AvgIpc) is 2.74. The Labute approximate surface area is 106 Å². The van der Waals surface area contributed by atoms with E-state index in [9.17, 15) is 9.59 Å². The highest BCUT2D eigenvalue weighted by atomic mass is 16.2. The van der Waals surface area contributed by atoms with Crippen LogP contribution in [-0.4, -0.2) is 17.9 Å². The summed E-state index contributed by atoms with van der Waals surface area (Å²) < 4.78 is 0. The van der Waals surface area contributed by atoms with Gasteiger partial charge in [0.15, 0.2) is 0 Å². The van der Waals surface area contributed by atoms with E-state index in [1.54, 1.807) is 13.0 Å². The summed E-state index contributed by atoms with van der Waals surface area (Å²) in [6.45, 7) is 3.42. The first-order valence-electron chi connectivity index (χ1n) is 5.98. The van der Waals surface area contributed by atoms with Gasteiger partial charge in [0.05, 0.1) is 0 Å². The predicted octanol–water partition coefficient (Wildman–Crippen LogP) is 0.283. The maximum Gasteiger partial charge on any atom is 0.251 e. The summed E-state index contributed by atoms with van der Waals surface area (Å²) in [5, 5.41) is 5.99. The van der Waals surface area contributed by atoms with Crippen LogP contribution in [0.1, 0.15) is 34.8 Å². The Bertz CT molecular complexity index is 485. The van der Waals surface area contributed by atoms with Crippen LogP contribution in [0.15, 0.2) is 18.2 Å². The lowest BCUT2D eigenvalue weighted by atomic mass is 10.1. The van der Waals surface area contributed by atoms with Crippen LogP contribution in [0.4, 0.5) is 0 Å². The standard InChI is InChI=1S/C13H17N3O2/c1-8(4-12(14)17)16-13(18)9-2-3-10-6-15-7-11(10)5-9/h2-3,5,8,15H,4,6-7H2,1H3,(H2,14,17)(H,16,18). The molecule has 1 aliphatic rings. The molecule has 18 heavy (non-hydrogen) atoms. The summed E-state index contributed by atoms with van der Waals surface area (Å²) in [4.78, 5) is 22.7. The molecular formula is C13H17N3O2. The molecule has 1 aliphatic heterocycles. The predicted molar refractivity (Wildman–Crippen MR) is 67.7 cm³/mol. The number of hydrogen-bond donors (Lipinski definition) is 3. The zero-order valence-corrected chi connectivity index (χ0v) is 10.3. The molecule has 0 aromatic heterocycles. The number of carbonyl (C=O) groups excluding carboxylic acids is 2. The minimum atomic E-state index is -0.416. The van der Waals surface area contributed by atoms with Gasteiger partial charge in [-0.3, -0.25) is 9.59 Å². The average molecular weight is 247 g/mol. The molecule has 1 aromatic rings. The molecule has 0 fully saturated rings. The lowest BCUT2D eigenvalue weighted by Crippen LogP contribution is -2.35. The molecular weight excluding hydrogens is 230 g/mol. The summed E-state index contributed by atoms with van der Waals surface area (Å²) in [6.07, 6.45) is 0.151. The number of rotatable bonds is 4. The monoisotopic (exact) mass is 247 g/mol. The minimum absolute atomic E-state index is 0.151. The fraction of sp³-hybridized carbons (Fsp3) is 0.385. The third-order valence-electron chi connectivity index (χ3n) is 2.98. The van der Waals surface area contributed by atoms with E-state index in [0.717, 1.165) is 18.7 Å². The number of hydrogen-bond acceptors (Lipinski definition) is 3. The molecule has 1 unspecified atom stereocenters. The maximum atomic E-state index is 12.0. The van der Waals surface area contributed by atoms with E-state index in [1.165, 1.54) is 5.56 Å². The van der Waals surface area contributed by atoms with Crippen LogP contribution >= 0.6 is 0 Å². The molecule has 4 N–H and O–H groups in total. The van der Waals surface area contributed by atoms with Crippen LogP contribution in [0.3, 0.4) is 0 Å². The van der Waals surface area contributed by atoms with Crippen molar-refractivity contribution in [3.05, 3.63) is 34.9 Å². The van der Waals surface area contributed by atoms with E-state index >= 15 is 0 Å². The number of nitrogens with two attached hydrogens (primary N) is 1. The fourth-order valence-electron chi connectivity index (χ4n) is 2.10. The number of amides is 2. The molecule has 2 amide bonds. The number of fused-ring (bicyclic) bond motifs is 1. The van der Waals surface area contributed by atoms with Gasteiger partial charge < -0.3 is 16.4 Å². The van der Waals surface area contributed by atoms with E-state index in [1.807, 2.05) is 12.1 Å². The van der Waals surface area contributed by atoms with Crippen molar-refractivity contribution in [1.82, 2.24) is 10.6 Å². The molecule has 96 valence electrons. The normalized spacial score (nSPS) is 14.9. The van der Waals surface area contributed by atoms with Crippen molar-refractivity contribution in [2.24, 2.45) is 5.73 Å². The molecule has 0 spiro atoms. The first-order chi connectivity index (χ1) is 8.56. The van der Waals surface area contributed by atoms with E-state index in [2.05, 4.69) is 10.6 Å². The van der Waals surface area contributed by atoms with Crippen molar-refractivity contribution in [1.29, 1.82) is 0 Å². The van der Waals surface area contributed by atoms with E-state index < -0.39 is 5.91 Å². The second-order valence-corrected chi connectivity index (χ2v) is 4.63. The molecule has 5 heteroatoms. The van der Waals surface area contributed by atoms with Gasteiger partial charge in [-0.2, -0.15) is 0 Å². The van der Waals surface area contributed by atoms with Crippen molar-refractivity contribution in [3.63, 3.8) is 0 Å². The Morgan fingerprint density at radius 3 is 2.83 bits per heavy atom. The van der Waals surface area contributed by atoms with E-state index in [-0.39, 0.29) is 18.4 Å². The van der Waals surface area contributed by atoms with Crippen molar-refractivity contribution in [2.45, 2.75) is 32.5 Å². The Morgan fingerprint density at radius 2 is 2.11 bits per heavy atom. The van der Waals surface area contributed by atoms with Crippen LogP contribution in [-0.2, 0) is 17.9 Å². The number of primary amides is 1. The molecule has 0 bridgehead atoms. The molecule has 1 heterocycles. The van der Waals surface area contributed by atoms with Gasteiger partial charge in [-0.1, -0.05) is 6.07 Å². The Balaban J connectivity index is 2.03. The summed E-state index contributed by atoms with van der Waals surface area (Å²) >= 11 is 0. The lowest BCUT2D eigenvalue weighted by molar-refractivity contribution is -0.118. The van der Waals surface area contributed by atoms with Gasteiger partial charge in [0, 0.05) is 31.1 Å². The summed E-state index contributed by atoms with van der Waals surface area (Å²) in [5.41, 5.74) is 8.09. The van der Waals surface area contributed by atoms with Gasteiger partial charge in [0.25, 0.3) is 5.91 Å². The second kappa shape index (κ2) is 5.18. The van der Waals surface area contributed by atoms with Crippen LogP contribution in [0.2, 0.25) is 0 Å². The summed E-state index contributed by atoms with van der Waals surface area (Å²) in [6, 6.07) is 5.41. The largest absolute Gasteiger partial charge is 0.370 e. The van der Waals surface area contributed by atoms with Gasteiger partial charge in [-0.25, -0.2) is 0 Å². The van der Waals surface area contributed by atoms with Crippen molar-refractivity contribution >= 4 is 11.8 Å². The minimum Gasteiger partial charge on any atom is -0.370 e. The van der Waals surface area contributed by atoms with E-state index in [4.69, 9.17) is 5.73 Å². The third-order valence-corrected chi connectivity index (χ3v) is 2.98. The van der Waals surface area contributed by atoms with Gasteiger partial charge in [-0.15, -0.1) is 0 Å². The number of carbonyl (C=O) groups is 2. The van der Waals surface area contributed by atoms with E-state index in [0.29, 0.717) is 5.56 Å². The first kappa shape index (κ1) is 12.6. The third kappa shape index (κ3) is 2.87.